The number of carbonyl (C=O) groups excluding carboxylic acids is 1. The first-order chi connectivity index (χ1) is 13.1. The first-order valence-corrected chi connectivity index (χ1v) is 10.8. The van der Waals surface area contributed by atoms with E-state index in [0.717, 1.165) is 38.5 Å². The van der Waals surface area contributed by atoms with Gasteiger partial charge in [-0.25, -0.2) is 0 Å². The Morgan fingerprint density at radius 2 is 1.82 bits per heavy atom. The normalized spacial score (nSPS) is 44.0. The molecule has 4 nitrogen and oxygen atoms in total. The minimum absolute atomic E-state index is 0.120. The van der Waals surface area contributed by atoms with Crippen LogP contribution in [0.15, 0.2) is 11.6 Å². The molecule has 2 N–H and O–H groups in total. The van der Waals surface area contributed by atoms with Gasteiger partial charge in [0.15, 0.2) is 5.78 Å². The van der Waals surface area contributed by atoms with E-state index >= 15 is 0 Å². The van der Waals surface area contributed by atoms with Crippen molar-refractivity contribution in [2.75, 3.05) is 0 Å². The van der Waals surface area contributed by atoms with E-state index in [1.54, 1.807) is 6.92 Å². The molecule has 0 aromatic heterocycles. The maximum Gasteiger partial charge on any atom is 0.303 e. The van der Waals surface area contributed by atoms with Crippen LogP contribution in [0.4, 0.5) is 0 Å². The number of terminal acetylenes is 1. The number of hydrogen-bond acceptors (Lipinski definition) is 3. The van der Waals surface area contributed by atoms with Gasteiger partial charge in [-0.3, -0.25) is 9.59 Å². The summed E-state index contributed by atoms with van der Waals surface area (Å²) in [7, 11) is 0. The van der Waals surface area contributed by atoms with Crippen molar-refractivity contribution in [3.05, 3.63) is 11.6 Å². The Kier molecular flexibility index (Phi) is 5.53. The van der Waals surface area contributed by atoms with Gasteiger partial charge >= 0.3 is 5.97 Å². The third kappa shape index (κ3) is 3.12. The Morgan fingerprint density at radius 1 is 1.18 bits per heavy atom. The lowest BCUT2D eigenvalue weighted by atomic mass is 9.46. The largest absolute Gasteiger partial charge is 0.481 e. The number of fused-ring (bicyclic) bond motifs is 5. The molecule has 0 spiro atoms. The van der Waals surface area contributed by atoms with Gasteiger partial charge in [0.05, 0.1) is 0 Å². The fraction of sp³-hybridized carbons (Fsp3) is 0.750. The number of aliphatic carboxylic acids is 1. The van der Waals surface area contributed by atoms with Crippen LogP contribution in [0.5, 0.6) is 0 Å². The van der Waals surface area contributed by atoms with E-state index in [0.29, 0.717) is 30.0 Å². The summed E-state index contributed by atoms with van der Waals surface area (Å²) in [5.41, 5.74) is 0.575. The van der Waals surface area contributed by atoms with Gasteiger partial charge in [0.25, 0.3) is 0 Å². The molecule has 0 aliphatic heterocycles. The van der Waals surface area contributed by atoms with Gasteiger partial charge in [-0.2, -0.15) is 0 Å². The number of carboxylic acid groups (broad SMARTS) is 1. The second-order valence-electron chi connectivity index (χ2n) is 9.72. The predicted molar refractivity (Wildman–Crippen MR) is 108 cm³/mol. The molecule has 6 atom stereocenters. The predicted octanol–water partition coefficient (Wildman–Crippen LogP) is 4.36. The number of carboxylic acids is 1. The second kappa shape index (κ2) is 7.34. The molecule has 154 valence electrons. The van der Waals surface area contributed by atoms with Gasteiger partial charge in [0.1, 0.15) is 5.60 Å². The maximum absolute atomic E-state index is 11.8. The molecule has 4 aliphatic carbocycles. The summed E-state index contributed by atoms with van der Waals surface area (Å²) in [6, 6.07) is 0. The van der Waals surface area contributed by atoms with Crippen molar-refractivity contribution in [2.45, 2.75) is 84.2 Å². The molecular formula is C24H34O4. The van der Waals surface area contributed by atoms with Crippen LogP contribution in [-0.4, -0.2) is 27.6 Å². The van der Waals surface area contributed by atoms with E-state index in [9.17, 15) is 14.7 Å². The highest BCUT2D eigenvalue weighted by atomic mass is 16.4. The highest BCUT2D eigenvalue weighted by Crippen LogP contribution is 2.67. The van der Waals surface area contributed by atoms with Crippen molar-refractivity contribution >= 4 is 11.8 Å². The van der Waals surface area contributed by atoms with Crippen molar-refractivity contribution in [2.24, 2.45) is 28.6 Å². The highest BCUT2D eigenvalue weighted by Gasteiger charge is 2.63. The van der Waals surface area contributed by atoms with Crippen LogP contribution >= 0.6 is 0 Å². The van der Waals surface area contributed by atoms with E-state index < -0.39 is 11.6 Å². The standard InChI is InChI=1S/C21H28O2.C3H6O2/c1-4-21(23)12-9-18-16-6-5-14-13-15(22)7-10-19(14,2)17(16)8-11-20(18,21)3;1-2-3(4)5/h1,13,16-18,23H,5-12H2,2-3H3;2H2,1H3,(H,4,5)/t16-,17+,18+,19+,20+,21+;/m1./s1. The lowest BCUT2D eigenvalue weighted by Gasteiger charge is -2.58. The summed E-state index contributed by atoms with van der Waals surface area (Å²) in [5, 5.41) is 18.7. The number of allylic oxidation sites excluding steroid dienone is 1. The Hall–Kier alpha value is -1.60. The van der Waals surface area contributed by atoms with Crippen LogP contribution in [0.3, 0.4) is 0 Å². The average Bonchev–Trinajstić information content (AvgIpc) is 2.94. The topological polar surface area (TPSA) is 74.6 Å². The summed E-state index contributed by atoms with van der Waals surface area (Å²) in [6.45, 7) is 6.23. The Morgan fingerprint density at radius 3 is 2.43 bits per heavy atom. The molecule has 4 rings (SSSR count). The summed E-state index contributed by atoms with van der Waals surface area (Å²) in [5.74, 6) is 4.18. The minimum Gasteiger partial charge on any atom is -0.481 e. The Bertz CT molecular complexity index is 731. The lowest BCUT2D eigenvalue weighted by Crippen LogP contribution is -2.54. The average molecular weight is 387 g/mol. The molecular weight excluding hydrogens is 352 g/mol. The number of ketones is 1. The SMILES string of the molecule is C#C[C@]1(O)CC[C@H]2[C@@H]3CCC4=CC(=O)CC[C@]4(C)[C@H]3CC[C@@]21C.CCC(=O)O. The first-order valence-electron chi connectivity index (χ1n) is 10.8. The molecule has 0 bridgehead atoms. The van der Waals surface area contributed by atoms with Gasteiger partial charge in [0.2, 0.25) is 0 Å². The molecule has 0 aromatic carbocycles. The van der Waals surface area contributed by atoms with Crippen LogP contribution in [0, 0.1) is 40.9 Å². The molecule has 28 heavy (non-hydrogen) atoms. The molecule has 0 amide bonds. The van der Waals surface area contributed by atoms with Gasteiger partial charge < -0.3 is 10.2 Å². The quantitative estimate of drug-likeness (QED) is 0.657. The minimum atomic E-state index is -0.914. The Labute approximate surface area is 168 Å². The maximum atomic E-state index is 11.8. The van der Waals surface area contributed by atoms with Gasteiger partial charge in [-0.1, -0.05) is 32.3 Å². The van der Waals surface area contributed by atoms with Crippen molar-refractivity contribution < 1.29 is 19.8 Å². The van der Waals surface area contributed by atoms with Crippen molar-refractivity contribution in [1.82, 2.24) is 0 Å². The molecule has 0 heterocycles. The summed E-state index contributed by atoms with van der Waals surface area (Å²) in [6.07, 6.45) is 15.8. The van der Waals surface area contributed by atoms with Crippen molar-refractivity contribution in [3.8, 4) is 12.3 Å². The Balaban J connectivity index is 0.000000403. The molecule has 0 aromatic rings. The van der Waals surface area contributed by atoms with Crippen LogP contribution < -0.4 is 0 Å². The fourth-order valence-electron chi connectivity index (χ4n) is 6.81. The number of rotatable bonds is 1. The molecule has 0 unspecified atom stereocenters. The third-order valence-electron chi connectivity index (χ3n) is 8.65. The monoisotopic (exact) mass is 386 g/mol. The van der Waals surface area contributed by atoms with E-state index in [1.165, 1.54) is 12.0 Å². The van der Waals surface area contributed by atoms with E-state index in [-0.39, 0.29) is 17.3 Å². The van der Waals surface area contributed by atoms with Crippen LogP contribution in [0.25, 0.3) is 0 Å². The van der Waals surface area contributed by atoms with Gasteiger partial charge in [-0.05, 0) is 74.2 Å². The van der Waals surface area contributed by atoms with E-state index in [1.807, 2.05) is 6.08 Å². The highest BCUT2D eigenvalue weighted by molar-refractivity contribution is 5.91. The zero-order chi connectivity index (χ0) is 20.7. The molecule has 3 saturated carbocycles. The molecule has 3 fully saturated rings. The summed E-state index contributed by atoms with van der Waals surface area (Å²) >= 11 is 0. The van der Waals surface area contributed by atoms with Gasteiger partial charge in [0, 0.05) is 18.3 Å². The van der Waals surface area contributed by atoms with E-state index in [2.05, 4.69) is 19.8 Å². The van der Waals surface area contributed by atoms with Crippen LogP contribution in [0.1, 0.15) is 78.6 Å². The number of carbonyl (C=O) groups is 2. The zero-order valence-corrected chi connectivity index (χ0v) is 17.5. The molecule has 4 heteroatoms. The molecule has 4 aliphatic rings. The second-order valence-corrected chi connectivity index (χ2v) is 9.72. The van der Waals surface area contributed by atoms with Crippen LogP contribution in [-0.2, 0) is 9.59 Å². The number of aliphatic hydroxyl groups is 1. The van der Waals surface area contributed by atoms with Crippen molar-refractivity contribution in [3.63, 3.8) is 0 Å². The zero-order valence-electron chi connectivity index (χ0n) is 17.5. The fourth-order valence-corrected chi connectivity index (χ4v) is 6.81. The third-order valence-corrected chi connectivity index (χ3v) is 8.65. The summed E-state index contributed by atoms with van der Waals surface area (Å²) in [4.78, 5) is 21.2. The lowest BCUT2D eigenvalue weighted by molar-refractivity contribution is -0.136. The van der Waals surface area contributed by atoms with Gasteiger partial charge in [-0.15, -0.1) is 6.42 Å². The summed E-state index contributed by atoms with van der Waals surface area (Å²) < 4.78 is 0. The first kappa shape index (κ1) is 21.1. The van der Waals surface area contributed by atoms with Crippen molar-refractivity contribution in [1.29, 1.82) is 0 Å². The molecule has 0 radical (unpaired) electrons. The van der Waals surface area contributed by atoms with Crippen LogP contribution in [0.2, 0.25) is 0 Å². The number of hydrogen-bond donors (Lipinski definition) is 2. The molecule has 0 saturated heterocycles. The van der Waals surface area contributed by atoms with E-state index in [4.69, 9.17) is 11.5 Å². The smallest absolute Gasteiger partial charge is 0.303 e.